The summed E-state index contributed by atoms with van der Waals surface area (Å²) in [5.41, 5.74) is 0.416. The highest BCUT2D eigenvalue weighted by Crippen LogP contribution is 2.43. The molecule has 0 atom stereocenters. The van der Waals surface area contributed by atoms with Crippen LogP contribution >= 0.6 is 58.0 Å². The van der Waals surface area contributed by atoms with Crippen molar-refractivity contribution in [3.05, 3.63) is 31.4 Å². The lowest BCUT2D eigenvalue weighted by atomic mass is 10.2. The highest BCUT2D eigenvalue weighted by atomic mass is 35.5. The Hall–Kier alpha value is 0.210. The molecule has 74 valence electrons. The third kappa shape index (κ3) is 1.48. The smallest absolute Gasteiger partial charge is 0.213 e. The van der Waals surface area contributed by atoms with Crippen LogP contribution in [0.2, 0.25) is 25.3 Å². The van der Waals surface area contributed by atoms with Crippen LogP contribution in [0.25, 0.3) is 11.0 Å². The second-order valence-corrected chi connectivity index (χ2v) is 4.43. The summed E-state index contributed by atoms with van der Waals surface area (Å²) < 4.78 is 5.12. The highest BCUT2D eigenvalue weighted by molar-refractivity contribution is 6.53. The number of hydrogen-bond acceptors (Lipinski definition) is 1. The first-order valence-electron chi connectivity index (χ1n) is 3.43. The summed E-state index contributed by atoms with van der Waals surface area (Å²) in [7, 11) is 0. The van der Waals surface area contributed by atoms with Gasteiger partial charge in [-0.05, 0) is 11.6 Å². The molecule has 14 heavy (non-hydrogen) atoms. The molecule has 0 unspecified atom stereocenters. The van der Waals surface area contributed by atoms with E-state index in [1.54, 1.807) is 0 Å². The van der Waals surface area contributed by atoms with Gasteiger partial charge in [-0.2, -0.15) is 0 Å². The minimum Gasteiger partial charge on any atom is -0.443 e. The third-order valence-electron chi connectivity index (χ3n) is 1.72. The van der Waals surface area contributed by atoms with Gasteiger partial charge in [-0.15, -0.1) is 0 Å². The molecule has 2 aromatic rings. The van der Waals surface area contributed by atoms with Gasteiger partial charge in [-0.25, -0.2) is 0 Å². The zero-order valence-corrected chi connectivity index (χ0v) is 10.2. The van der Waals surface area contributed by atoms with E-state index in [0.717, 1.165) is 0 Å². The predicted octanol–water partition coefficient (Wildman–Crippen LogP) is 5.70. The van der Waals surface area contributed by atoms with Gasteiger partial charge < -0.3 is 4.42 Å². The van der Waals surface area contributed by atoms with Gasteiger partial charge in [-0.1, -0.05) is 46.4 Å². The maximum atomic E-state index is 5.93. The van der Waals surface area contributed by atoms with Crippen molar-refractivity contribution in [1.29, 1.82) is 0 Å². The molecule has 1 nitrogen and oxygen atoms in total. The van der Waals surface area contributed by atoms with Crippen LogP contribution in [0, 0.1) is 0 Å². The lowest BCUT2D eigenvalue weighted by molar-refractivity contribution is 0.618. The van der Waals surface area contributed by atoms with E-state index in [2.05, 4.69) is 0 Å². The van der Waals surface area contributed by atoms with Crippen LogP contribution in [0.1, 0.15) is 0 Å². The van der Waals surface area contributed by atoms with E-state index in [1.165, 1.54) is 6.07 Å². The summed E-state index contributed by atoms with van der Waals surface area (Å²) in [5, 5.41) is 1.57. The average Bonchev–Trinajstić information content (AvgIpc) is 2.39. The van der Waals surface area contributed by atoms with Gasteiger partial charge in [0.1, 0.15) is 10.6 Å². The maximum Gasteiger partial charge on any atom is 0.213 e. The van der Waals surface area contributed by atoms with E-state index in [0.29, 0.717) is 16.0 Å². The molecule has 1 aromatic carbocycles. The summed E-state index contributed by atoms with van der Waals surface area (Å²) in [6, 6.07) is 1.52. The zero-order chi connectivity index (χ0) is 10.5. The van der Waals surface area contributed by atoms with Crippen molar-refractivity contribution in [1.82, 2.24) is 0 Å². The van der Waals surface area contributed by atoms with Gasteiger partial charge in [0.05, 0.1) is 20.5 Å². The number of benzene rings is 1. The molecule has 0 saturated heterocycles. The second-order valence-electron chi connectivity index (χ2n) is 2.55. The fraction of sp³-hybridized carbons (Fsp3) is 0. The van der Waals surface area contributed by atoms with E-state index in [1.807, 2.05) is 0 Å². The molecule has 0 N–H and O–H groups in total. The van der Waals surface area contributed by atoms with Crippen LogP contribution in [0.4, 0.5) is 0 Å². The van der Waals surface area contributed by atoms with Gasteiger partial charge >= 0.3 is 0 Å². The maximum absolute atomic E-state index is 5.93. The van der Waals surface area contributed by atoms with Gasteiger partial charge in [-0.3, -0.25) is 0 Å². The molecule has 0 radical (unpaired) electrons. The van der Waals surface area contributed by atoms with Crippen LogP contribution in [0.5, 0.6) is 0 Å². The highest BCUT2D eigenvalue weighted by Gasteiger charge is 2.17. The molecule has 0 saturated carbocycles. The Morgan fingerprint density at radius 1 is 0.857 bits per heavy atom. The van der Waals surface area contributed by atoms with E-state index in [4.69, 9.17) is 62.4 Å². The lowest BCUT2D eigenvalue weighted by Crippen LogP contribution is -1.73. The van der Waals surface area contributed by atoms with Crippen molar-refractivity contribution in [2.45, 2.75) is 0 Å². The number of halogens is 5. The Balaban J connectivity index is 2.99. The van der Waals surface area contributed by atoms with E-state index in [9.17, 15) is 0 Å². The molecule has 0 aliphatic rings. The topological polar surface area (TPSA) is 13.1 Å². The molecule has 0 aliphatic carbocycles. The first-order chi connectivity index (χ1) is 6.52. The first-order valence-corrected chi connectivity index (χ1v) is 5.32. The summed E-state index contributed by atoms with van der Waals surface area (Å²) in [4.78, 5) is 0. The lowest BCUT2D eigenvalue weighted by Gasteiger charge is -1.99. The van der Waals surface area contributed by atoms with Gasteiger partial charge in [0.15, 0.2) is 0 Å². The van der Waals surface area contributed by atoms with E-state index in [-0.39, 0.29) is 20.3 Å². The van der Waals surface area contributed by atoms with Gasteiger partial charge in [0, 0.05) is 6.07 Å². The van der Waals surface area contributed by atoms with Crippen molar-refractivity contribution >= 4 is 69.0 Å². The monoisotopic (exact) mass is 288 g/mol. The summed E-state index contributed by atoms with van der Waals surface area (Å²) in [5.74, 6) is 0. The van der Waals surface area contributed by atoms with Crippen molar-refractivity contribution in [3.8, 4) is 0 Å². The molecular formula is C8HCl5O. The van der Waals surface area contributed by atoms with Crippen molar-refractivity contribution in [2.24, 2.45) is 0 Å². The molecule has 0 fully saturated rings. The normalized spacial score (nSPS) is 11.2. The molecule has 0 spiro atoms. The van der Waals surface area contributed by atoms with Crippen LogP contribution in [-0.4, -0.2) is 0 Å². The van der Waals surface area contributed by atoms with Crippen LogP contribution in [0.15, 0.2) is 10.5 Å². The van der Waals surface area contributed by atoms with Crippen LogP contribution < -0.4 is 0 Å². The quantitative estimate of drug-likeness (QED) is 0.567. The van der Waals surface area contributed by atoms with Crippen LogP contribution in [-0.2, 0) is 0 Å². The number of furan rings is 1. The number of hydrogen-bond donors (Lipinski definition) is 0. The predicted molar refractivity (Wildman–Crippen MR) is 61.3 cm³/mol. The Morgan fingerprint density at radius 3 is 2.14 bits per heavy atom. The Morgan fingerprint density at radius 2 is 1.50 bits per heavy atom. The standard InChI is InChI=1S/C8HCl5O/c9-2-1-3-4(6(11)5(2)10)7(12)8(13)14-3/h1H. The zero-order valence-electron chi connectivity index (χ0n) is 6.38. The Bertz CT molecular complexity index is 516. The molecular weight excluding hydrogens is 289 g/mol. The molecule has 1 aromatic heterocycles. The minimum absolute atomic E-state index is 0.0712. The van der Waals surface area contributed by atoms with E-state index < -0.39 is 0 Å². The number of rotatable bonds is 0. The van der Waals surface area contributed by atoms with Gasteiger partial charge in [0.2, 0.25) is 5.22 Å². The van der Waals surface area contributed by atoms with Gasteiger partial charge in [0.25, 0.3) is 0 Å². The fourth-order valence-corrected chi connectivity index (χ4v) is 2.23. The van der Waals surface area contributed by atoms with E-state index >= 15 is 0 Å². The summed E-state index contributed by atoms with van der Waals surface area (Å²) >= 11 is 29.1. The Labute approximate surface area is 104 Å². The summed E-state index contributed by atoms with van der Waals surface area (Å²) in [6.45, 7) is 0. The van der Waals surface area contributed by atoms with Crippen molar-refractivity contribution < 1.29 is 4.42 Å². The molecule has 2 rings (SSSR count). The molecule has 1 heterocycles. The SMILES string of the molecule is Clc1cc2oc(Cl)c(Cl)c2c(Cl)c1Cl. The molecule has 0 amide bonds. The van der Waals surface area contributed by atoms with Crippen LogP contribution in [0.3, 0.4) is 0 Å². The third-order valence-corrected chi connectivity index (χ3v) is 3.70. The first kappa shape index (κ1) is 10.7. The van der Waals surface area contributed by atoms with Crippen molar-refractivity contribution in [2.75, 3.05) is 0 Å². The Kier molecular flexibility index (Phi) is 2.80. The molecule has 0 bridgehead atoms. The molecule has 0 aliphatic heterocycles. The largest absolute Gasteiger partial charge is 0.443 e. The molecule has 6 heteroatoms. The number of fused-ring (bicyclic) bond motifs is 1. The summed E-state index contributed by atoms with van der Waals surface area (Å²) in [6.07, 6.45) is 0. The fourth-order valence-electron chi connectivity index (χ4n) is 1.10. The van der Waals surface area contributed by atoms with Crippen molar-refractivity contribution in [3.63, 3.8) is 0 Å². The second kappa shape index (κ2) is 3.66. The average molecular weight is 290 g/mol. The minimum atomic E-state index is 0.0712.